The van der Waals surface area contributed by atoms with Crippen molar-refractivity contribution in [2.45, 2.75) is 30.5 Å². The molecular formula is C21H23BrN4OS2. The van der Waals surface area contributed by atoms with Crippen molar-refractivity contribution >= 4 is 51.0 Å². The van der Waals surface area contributed by atoms with Gasteiger partial charge in [-0.2, -0.15) is 0 Å². The number of carbonyl (C=O) groups excluding carboxylic acids is 1. The van der Waals surface area contributed by atoms with E-state index in [4.69, 9.17) is 0 Å². The zero-order valence-electron chi connectivity index (χ0n) is 16.6. The van der Waals surface area contributed by atoms with Crippen molar-refractivity contribution in [3.63, 3.8) is 0 Å². The fourth-order valence-corrected chi connectivity index (χ4v) is 4.79. The number of nitrogens with zero attached hydrogens (tertiary/aromatic N) is 3. The number of nitrogens with one attached hydrogen (secondary N) is 1. The summed E-state index contributed by atoms with van der Waals surface area (Å²) in [6.45, 7) is 4.03. The molecule has 0 spiro atoms. The van der Waals surface area contributed by atoms with E-state index in [1.165, 1.54) is 17.3 Å². The molecule has 29 heavy (non-hydrogen) atoms. The Balaban J connectivity index is 1.51. The maximum absolute atomic E-state index is 12.4. The molecule has 0 saturated heterocycles. The molecule has 1 heterocycles. The third-order valence-corrected chi connectivity index (χ3v) is 7.47. The van der Waals surface area contributed by atoms with Crippen LogP contribution in [0, 0.1) is 13.8 Å². The molecule has 152 valence electrons. The van der Waals surface area contributed by atoms with Crippen molar-refractivity contribution in [2.75, 3.05) is 11.1 Å². The first-order chi connectivity index (χ1) is 14.0. The smallest absolute Gasteiger partial charge is 0.234 e. The van der Waals surface area contributed by atoms with Crippen LogP contribution in [0.5, 0.6) is 0 Å². The number of hydrogen-bond acceptors (Lipinski definition) is 5. The van der Waals surface area contributed by atoms with Gasteiger partial charge < -0.3 is 9.88 Å². The molecule has 0 aliphatic heterocycles. The standard InChI is InChI=1S/C21H23BrN4OS2/c1-14-15(2)18(10-9-17(14)22)23-20(27)13-29-21-25-24-19(26(21)3)12-28-11-16-7-5-4-6-8-16/h4-10H,11-13H2,1-3H3,(H,23,27). The molecule has 3 aromatic rings. The van der Waals surface area contributed by atoms with E-state index in [0.29, 0.717) is 0 Å². The van der Waals surface area contributed by atoms with Crippen LogP contribution in [-0.4, -0.2) is 26.4 Å². The van der Waals surface area contributed by atoms with Gasteiger partial charge in [0, 0.05) is 23.0 Å². The van der Waals surface area contributed by atoms with Crippen LogP contribution in [0.4, 0.5) is 5.69 Å². The molecule has 0 saturated carbocycles. The van der Waals surface area contributed by atoms with E-state index in [1.54, 1.807) is 11.8 Å². The first-order valence-electron chi connectivity index (χ1n) is 9.14. The summed E-state index contributed by atoms with van der Waals surface area (Å²) in [6.07, 6.45) is 0. The van der Waals surface area contributed by atoms with E-state index in [1.807, 2.05) is 43.7 Å². The van der Waals surface area contributed by atoms with Gasteiger partial charge in [-0.05, 0) is 42.7 Å². The van der Waals surface area contributed by atoms with Crippen molar-refractivity contribution in [3.05, 3.63) is 69.5 Å². The van der Waals surface area contributed by atoms with Crippen molar-refractivity contribution in [2.24, 2.45) is 7.05 Å². The fourth-order valence-electron chi connectivity index (χ4n) is 2.67. The predicted octanol–water partition coefficient (Wildman–Crippen LogP) is 5.36. The minimum atomic E-state index is -0.0529. The van der Waals surface area contributed by atoms with Crippen LogP contribution < -0.4 is 5.32 Å². The van der Waals surface area contributed by atoms with Gasteiger partial charge in [-0.25, -0.2) is 0 Å². The first-order valence-corrected chi connectivity index (χ1v) is 12.1. The molecule has 0 unspecified atom stereocenters. The molecule has 0 radical (unpaired) electrons. The number of rotatable bonds is 8. The average Bonchev–Trinajstić information content (AvgIpc) is 3.07. The Kier molecular flexibility index (Phi) is 7.80. The Morgan fingerprint density at radius 3 is 2.59 bits per heavy atom. The van der Waals surface area contributed by atoms with Crippen LogP contribution >= 0.6 is 39.5 Å². The lowest BCUT2D eigenvalue weighted by atomic mass is 10.1. The molecule has 3 rings (SSSR count). The summed E-state index contributed by atoms with van der Waals surface area (Å²) in [6, 6.07) is 14.2. The van der Waals surface area contributed by atoms with E-state index in [-0.39, 0.29) is 11.7 Å². The second-order valence-corrected chi connectivity index (χ2v) is 9.40. The molecule has 0 aliphatic carbocycles. The Hall–Kier alpha value is -1.77. The zero-order valence-corrected chi connectivity index (χ0v) is 19.8. The maximum atomic E-state index is 12.4. The third kappa shape index (κ3) is 5.87. The number of benzene rings is 2. The van der Waals surface area contributed by atoms with Gasteiger partial charge in [0.05, 0.1) is 11.5 Å². The number of carbonyl (C=O) groups is 1. The number of halogens is 1. The second kappa shape index (κ2) is 10.3. The summed E-state index contributed by atoms with van der Waals surface area (Å²) >= 11 is 6.71. The molecular weight excluding hydrogens is 468 g/mol. The average molecular weight is 491 g/mol. The van der Waals surface area contributed by atoms with E-state index in [2.05, 4.69) is 55.7 Å². The highest BCUT2D eigenvalue weighted by Gasteiger charge is 2.13. The molecule has 1 amide bonds. The maximum Gasteiger partial charge on any atom is 0.234 e. The SMILES string of the molecule is Cc1c(Br)ccc(NC(=O)CSc2nnc(CSCc3ccccc3)n2C)c1C. The molecule has 0 bridgehead atoms. The molecule has 1 aromatic heterocycles. The number of aromatic nitrogens is 3. The molecule has 0 aliphatic rings. The normalized spacial score (nSPS) is 10.9. The topological polar surface area (TPSA) is 59.8 Å². The Bertz CT molecular complexity index is 992. The largest absolute Gasteiger partial charge is 0.325 e. The highest BCUT2D eigenvalue weighted by atomic mass is 79.9. The quantitative estimate of drug-likeness (QED) is 0.430. The summed E-state index contributed by atoms with van der Waals surface area (Å²) in [5, 5.41) is 12.3. The molecule has 5 nitrogen and oxygen atoms in total. The highest BCUT2D eigenvalue weighted by molar-refractivity contribution is 9.10. The molecule has 2 aromatic carbocycles. The second-order valence-electron chi connectivity index (χ2n) is 6.62. The number of hydrogen-bond donors (Lipinski definition) is 1. The fraction of sp³-hybridized carbons (Fsp3) is 0.286. The van der Waals surface area contributed by atoms with Crippen molar-refractivity contribution in [3.8, 4) is 0 Å². The van der Waals surface area contributed by atoms with Crippen molar-refractivity contribution in [1.82, 2.24) is 14.8 Å². The number of amides is 1. The lowest BCUT2D eigenvalue weighted by Crippen LogP contribution is -2.15. The summed E-state index contributed by atoms with van der Waals surface area (Å²) in [5.74, 6) is 2.86. The number of thioether (sulfide) groups is 2. The lowest BCUT2D eigenvalue weighted by Gasteiger charge is -2.11. The van der Waals surface area contributed by atoms with E-state index in [9.17, 15) is 4.79 Å². The highest BCUT2D eigenvalue weighted by Crippen LogP contribution is 2.26. The monoisotopic (exact) mass is 490 g/mol. The van der Waals surface area contributed by atoms with Gasteiger partial charge in [0.15, 0.2) is 5.16 Å². The zero-order chi connectivity index (χ0) is 20.8. The van der Waals surface area contributed by atoms with Crippen LogP contribution in [0.3, 0.4) is 0 Å². The van der Waals surface area contributed by atoms with Gasteiger partial charge in [-0.15, -0.1) is 22.0 Å². The molecule has 1 N–H and O–H groups in total. The van der Waals surface area contributed by atoms with Crippen LogP contribution in [0.1, 0.15) is 22.5 Å². The lowest BCUT2D eigenvalue weighted by molar-refractivity contribution is -0.113. The van der Waals surface area contributed by atoms with Gasteiger partial charge in [0.25, 0.3) is 0 Å². The first kappa shape index (κ1) is 21.9. The van der Waals surface area contributed by atoms with E-state index >= 15 is 0 Å². The summed E-state index contributed by atoms with van der Waals surface area (Å²) in [5.41, 5.74) is 4.33. The number of anilines is 1. The van der Waals surface area contributed by atoms with Gasteiger partial charge in [0.1, 0.15) is 5.82 Å². The minimum Gasteiger partial charge on any atom is -0.325 e. The molecule has 0 atom stereocenters. The van der Waals surface area contributed by atoms with Gasteiger partial charge >= 0.3 is 0 Å². The Morgan fingerprint density at radius 1 is 1.07 bits per heavy atom. The predicted molar refractivity (Wildman–Crippen MR) is 125 cm³/mol. The molecule has 8 heteroatoms. The summed E-state index contributed by atoms with van der Waals surface area (Å²) < 4.78 is 3.00. The van der Waals surface area contributed by atoms with E-state index in [0.717, 1.165) is 43.8 Å². The van der Waals surface area contributed by atoms with Crippen LogP contribution in [-0.2, 0) is 23.3 Å². The van der Waals surface area contributed by atoms with Crippen LogP contribution in [0.15, 0.2) is 52.1 Å². The third-order valence-electron chi connectivity index (χ3n) is 4.60. The van der Waals surface area contributed by atoms with E-state index < -0.39 is 0 Å². The molecule has 0 fully saturated rings. The van der Waals surface area contributed by atoms with Gasteiger partial charge in [-0.1, -0.05) is 58.0 Å². The Morgan fingerprint density at radius 2 is 1.83 bits per heavy atom. The van der Waals surface area contributed by atoms with Gasteiger partial charge in [0.2, 0.25) is 5.91 Å². The summed E-state index contributed by atoms with van der Waals surface area (Å²) in [4.78, 5) is 12.4. The Labute approximate surface area is 188 Å². The van der Waals surface area contributed by atoms with Crippen LogP contribution in [0.25, 0.3) is 0 Å². The van der Waals surface area contributed by atoms with Crippen molar-refractivity contribution < 1.29 is 4.79 Å². The minimum absolute atomic E-state index is 0.0529. The van der Waals surface area contributed by atoms with Gasteiger partial charge in [-0.3, -0.25) is 4.79 Å². The van der Waals surface area contributed by atoms with Crippen LogP contribution in [0.2, 0.25) is 0 Å². The summed E-state index contributed by atoms with van der Waals surface area (Å²) in [7, 11) is 1.95. The van der Waals surface area contributed by atoms with Crippen molar-refractivity contribution in [1.29, 1.82) is 0 Å².